The molecular formula is C29H33BrClN3O4S. The van der Waals surface area contributed by atoms with Crippen LogP contribution in [0.3, 0.4) is 0 Å². The molecule has 0 aliphatic carbocycles. The van der Waals surface area contributed by atoms with Gasteiger partial charge in [0.05, 0.1) is 11.9 Å². The molecule has 208 valence electrons. The summed E-state index contributed by atoms with van der Waals surface area (Å²) in [6.45, 7) is 3.96. The molecule has 0 saturated carbocycles. The van der Waals surface area contributed by atoms with E-state index in [0.29, 0.717) is 22.8 Å². The van der Waals surface area contributed by atoms with Crippen molar-refractivity contribution in [1.29, 1.82) is 0 Å². The molecule has 1 atom stereocenters. The molecular weight excluding hydrogens is 602 g/mol. The average Bonchev–Trinajstić information content (AvgIpc) is 2.89. The van der Waals surface area contributed by atoms with Crippen molar-refractivity contribution in [1.82, 2.24) is 10.2 Å². The van der Waals surface area contributed by atoms with Gasteiger partial charge in [-0.3, -0.25) is 13.9 Å². The molecule has 0 aliphatic rings. The summed E-state index contributed by atoms with van der Waals surface area (Å²) >= 11 is 9.81. The van der Waals surface area contributed by atoms with Crippen molar-refractivity contribution >= 4 is 55.1 Å². The molecule has 0 radical (unpaired) electrons. The van der Waals surface area contributed by atoms with E-state index in [1.807, 2.05) is 44.2 Å². The highest BCUT2D eigenvalue weighted by Gasteiger charge is 2.33. The number of anilines is 1. The lowest BCUT2D eigenvalue weighted by molar-refractivity contribution is -0.140. The van der Waals surface area contributed by atoms with Gasteiger partial charge in [0.2, 0.25) is 21.8 Å². The van der Waals surface area contributed by atoms with Crippen LogP contribution in [-0.2, 0) is 32.6 Å². The van der Waals surface area contributed by atoms with Crippen LogP contribution in [0.25, 0.3) is 0 Å². The van der Waals surface area contributed by atoms with E-state index >= 15 is 0 Å². The molecule has 1 N–H and O–H groups in total. The molecule has 3 aromatic rings. The lowest BCUT2D eigenvalue weighted by Gasteiger charge is -2.34. The molecule has 0 saturated heterocycles. The smallest absolute Gasteiger partial charge is 0.244 e. The predicted molar refractivity (Wildman–Crippen MR) is 160 cm³/mol. The fourth-order valence-corrected chi connectivity index (χ4v) is 5.32. The van der Waals surface area contributed by atoms with E-state index in [1.54, 1.807) is 48.5 Å². The van der Waals surface area contributed by atoms with E-state index in [-0.39, 0.29) is 24.8 Å². The Labute approximate surface area is 244 Å². The first-order valence-corrected chi connectivity index (χ1v) is 15.6. The Bertz CT molecular complexity index is 1370. The Kier molecular flexibility index (Phi) is 11.0. The van der Waals surface area contributed by atoms with Crippen LogP contribution in [0.2, 0.25) is 5.02 Å². The lowest BCUT2D eigenvalue weighted by Crippen LogP contribution is -2.53. The van der Waals surface area contributed by atoms with Crippen molar-refractivity contribution in [2.75, 3.05) is 23.7 Å². The van der Waals surface area contributed by atoms with Gasteiger partial charge in [-0.05, 0) is 47.4 Å². The summed E-state index contributed by atoms with van der Waals surface area (Å²) in [6, 6.07) is 22.3. The molecule has 0 aromatic heterocycles. The first-order valence-electron chi connectivity index (χ1n) is 12.5. The molecule has 1 unspecified atom stereocenters. The number of carbonyl (C=O) groups is 2. The number of benzene rings is 3. The Morgan fingerprint density at radius 3 is 2.15 bits per heavy atom. The van der Waals surface area contributed by atoms with Gasteiger partial charge in [0.1, 0.15) is 12.6 Å². The molecule has 0 fully saturated rings. The number of hydrogen-bond acceptors (Lipinski definition) is 4. The van der Waals surface area contributed by atoms with Crippen LogP contribution < -0.4 is 9.62 Å². The van der Waals surface area contributed by atoms with Gasteiger partial charge in [-0.1, -0.05) is 89.9 Å². The molecule has 0 spiro atoms. The maximum atomic E-state index is 14.0. The van der Waals surface area contributed by atoms with Gasteiger partial charge < -0.3 is 10.2 Å². The van der Waals surface area contributed by atoms with Gasteiger partial charge in [0, 0.05) is 29.0 Å². The van der Waals surface area contributed by atoms with Crippen LogP contribution >= 0.6 is 27.5 Å². The van der Waals surface area contributed by atoms with E-state index in [2.05, 4.69) is 21.2 Å². The summed E-state index contributed by atoms with van der Waals surface area (Å²) in [6.07, 6.45) is 1.30. The number of sulfonamides is 1. The zero-order valence-electron chi connectivity index (χ0n) is 22.2. The number of nitrogens with zero attached hydrogens (tertiary/aromatic N) is 2. The third-order valence-electron chi connectivity index (χ3n) is 6.05. The average molecular weight is 635 g/mol. The number of nitrogens with one attached hydrogen (secondary N) is 1. The van der Waals surface area contributed by atoms with Gasteiger partial charge in [0.15, 0.2) is 0 Å². The number of rotatable bonds is 12. The monoisotopic (exact) mass is 633 g/mol. The standard InChI is InChI=1S/C29H33BrClN3O4S/c1-21(2)18-32-29(36)27(17-22-9-5-4-6-10-22)33(19-23-11-7-8-12-26(23)31)28(35)20-34(39(3,37)38)25-15-13-24(30)14-16-25/h4-16,21,27H,17-20H2,1-3H3,(H,32,36). The Morgan fingerprint density at radius 1 is 0.949 bits per heavy atom. The Morgan fingerprint density at radius 2 is 1.56 bits per heavy atom. The first-order chi connectivity index (χ1) is 18.5. The van der Waals surface area contributed by atoms with Crippen molar-refractivity contribution < 1.29 is 18.0 Å². The third kappa shape index (κ3) is 9.08. The zero-order chi connectivity index (χ0) is 28.6. The maximum absolute atomic E-state index is 14.0. The number of hydrogen-bond donors (Lipinski definition) is 1. The van der Waals surface area contributed by atoms with Gasteiger partial charge in [0.25, 0.3) is 0 Å². The second-order valence-corrected chi connectivity index (χ2v) is 12.9. The van der Waals surface area contributed by atoms with Gasteiger partial charge in [-0.25, -0.2) is 8.42 Å². The molecule has 0 aliphatic heterocycles. The Hall–Kier alpha value is -2.88. The quantitative estimate of drug-likeness (QED) is 0.294. The van der Waals surface area contributed by atoms with Gasteiger partial charge in [-0.15, -0.1) is 0 Å². The van der Waals surface area contributed by atoms with Crippen molar-refractivity contribution in [3.05, 3.63) is 99.5 Å². The largest absolute Gasteiger partial charge is 0.354 e. The second kappa shape index (κ2) is 14.0. The summed E-state index contributed by atoms with van der Waals surface area (Å²) in [5.74, 6) is -0.636. The van der Waals surface area contributed by atoms with Crippen LogP contribution in [0.4, 0.5) is 5.69 Å². The third-order valence-corrected chi connectivity index (χ3v) is 8.09. The SMILES string of the molecule is CC(C)CNC(=O)C(Cc1ccccc1)N(Cc1ccccc1Cl)C(=O)CN(c1ccc(Br)cc1)S(C)(=O)=O. The molecule has 7 nitrogen and oxygen atoms in total. The van der Waals surface area contributed by atoms with Crippen LogP contribution in [-0.4, -0.2) is 50.5 Å². The van der Waals surface area contributed by atoms with E-state index in [9.17, 15) is 18.0 Å². The van der Waals surface area contributed by atoms with Crippen LogP contribution in [0, 0.1) is 5.92 Å². The highest BCUT2D eigenvalue weighted by atomic mass is 79.9. The number of halogens is 2. The normalized spacial score (nSPS) is 12.2. The summed E-state index contributed by atoms with van der Waals surface area (Å²) in [4.78, 5) is 29.0. The van der Waals surface area contributed by atoms with Crippen LogP contribution in [0.5, 0.6) is 0 Å². The van der Waals surface area contributed by atoms with E-state index in [1.165, 1.54) is 4.90 Å². The molecule has 39 heavy (non-hydrogen) atoms. The Balaban J connectivity index is 2.05. The van der Waals surface area contributed by atoms with E-state index in [4.69, 9.17) is 11.6 Å². The molecule has 2 amide bonds. The molecule has 10 heteroatoms. The minimum atomic E-state index is -3.82. The molecule has 3 aromatic carbocycles. The maximum Gasteiger partial charge on any atom is 0.244 e. The fraction of sp³-hybridized carbons (Fsp3) is 0.310. The van der Waals surface area contributed by atoms with Crippen LogP contribution in [0.1, 0.15) is 25.0 Å². The summed E-state index contributed by atoms with van der Waals surface area (Å²) in [5.41, 5.74) is 1.86. The predicted octanol–water partition coefficient (Wildman–Crippen LogP) is 5.28. The molecule has 3 rings (SSSR count). The van der Waals surface area contributed by atoms with Gasteiger partial charge in [-0.2, -0.15) is 0 Å². The van der Waals surface area contributed by atoms with E-state index in [0.717, 1.165) is 20.6 Å². The molecule has 0 bridgehead atoms. The van der Waals surface area contributed by atoms with Crippen molar-refractivity contribution in [3.8, 4) is 0 Å². The summed E-state index contributed by atoms with van der Waals surface area (Å²) in [7, 11) is -3.82. The van der Waals surface area contributed by atoms with Gasteiger partial charge >= 0.3 is 0 Å². The lowest BCUT2D eigenvalue weighted by atomic mass is 10.0. The molecule has 0 heterocycles. The van der Waals surface area contributed by atoms with E-state index < -0.39 is 28.5 Å². The van der Waals surface area contributed by atoms with Crippen molar-refractivity contribution in [2.45, 2.75) is 32.9 Å². The van der Waals surface area contributed by atoms with Crippen LogP contribution in [0.15, 0.2) is 83.3 Å². The summed E-state index contributed by atoms with van der Waals surface area (Å²) in [5, 5.41) is 3.41. The van der Waals surface area contributed by atoms with Crippen molar-refractivity contribution in [2.24, 2.45) is 5.92 Å². The van der Waals surface area contributed by atoms with Crippen molar-refractivity contribution in [3.63, 3.8) is 0 Å². The number of carbonyl (C=O) groups excluding carboxylic acids is 2. The fourth-order valence-electron chi connectivity index (χ4n) is 4.01. The zero-order valence-corrected chi connectivity index (χ0v) is 25.3. The highest BCUT2D eigenvalue weighted by Crippen LogP contribution is 2.24. The highest BCUT2D eigenvalue weighted by molar-refractivity contribution is 9.10. The second-order valence-electron chi connectivity index (χ2n) is 9.70. The minimum Gasteiger partial charge on any atom is -0.354 e. The first kappa shape index (κ1) is 30.7. The summed E-state index contributed by atoms with van der Waals surface area (Å²) < 4.78 is 27.4. The topological polar surface area (TPSA) is 86.8 Å². The number of amides is 2. The minimum absolute atomic E-state index is 0.0308.